The highest BCUT2D eigenvalue weighted by atomic mass is 28.3. The molecule has 1 amide bonds. The summed E-state index contributed by atoms with van der Waals surface area (Å²) in [7, 11) is -0.0479. The second-order valence-electron chi connectivity index (χ2n) is 11.9. The van der Waals surface area contributed by atoms with E-state index in [4.69, 9.17) is 4.98 Å². The molecule has 6 nitrogen and oxygen atoms in total. The second-order valence-corrected chi connectivity index (χ2v) is 17.6. The van der Waals surface area contributed by atoms with Crippen LogP contribution in [0.15, 0.2) is 49.1 Å². The molecule has 38 heavy (non-hydrogen) atoms. The number of rotatable bonds is 6. The zero-order chi connectivity index (χ0) is 27.4. The van der Waals surface area contributed by atoms with Crippen molar-refractivity contribution in [1.82, 2.24) is 23.9 Å². The van der Waals surface area contributed by atoms with E-state index in [9.17, 15) is 4.79 Å². The van der Waals surface area contributed by atoms with Gasteiger partial charge in [0.25, 0.3) is 0 Å². The van der Waals surface area contributed by atoms with E-state index in [1.165, 1.54) is 22.4 Å². The standard InChI is InChI=1S/C31H41N5OSi/c1-20(2)38(21(3)4,22(5)6)36-19-28(29-18-35(23(7)37)13-12-31(29)36)26-11-9-10-24-14-30(32-16-27(24)26)25-15-33-34(8)17-25/h9-11,14-17,19-22H,12-13,18H2,1-8H3/q-1. The molecule has 0 unspecified atom stereocenters. The number of fused-ring (bicyclic) bond motifs is 2. The summed E-state index contributed by atoms with van der Waals surface area (Å²) in [5.41, 5.74) is 8.93. The minimum absolute atomic E-state index is 0.148. The van der Waals surface area contributed by atoms with Crippen molar-refractivity contribution in [3.8, 4) is 22.4 Å². The number of hydrogen-bond acceptors (Lipinski definition) is 3. The highest BCUT2D eigenvalue weighted by molar-refractivity contribution is 6.82. The molecule has 5 rings (SSSR count). The van der Waals surface area contributed by atoms with Crippen molar-refractivity contribution in [1.29, 1.82) is 0 Å². The van der Waals surface area contributed by atoms with E-state index < -0.39 is 8.24 Å². The van der Waals surface area contributed by atoms with E-state index in [0.29, 0.717) is 23.2 Å². The van der Waals surface area contributed by atoms with E-state index in [-0.39, 0.29) is 5.91 Å². The van der Waals surface area contributed by atoms with Gasteiger partial charge in [-0.15, -0.1) is 16.6 Å². The zero-order valence-corrected chi connectivity index (χ0v) is 25.1. The largest absolute Gasteiger partial charge is 0.502 e. The molecule has 4 aromatic rings. The van der Waals surface area contributed by atoms with Gasteiger partial charge in [-0.2, -0.15) is 5.10 Å². The molecule has 7 heteroatoms. The summed E-state index contributed by atoms with van der Waals surface area (Å²) in [6, 6.07) is 8.71. The van der Waals surface area contributed by atoms with Gasteiger partial charge in [0.05, 0.1) is 11.9 Å². The van der Waals surface area contributed by atoms with Gasteiger partial charge >= 0.3 is 0 Å². The number of pyridine rings is 1. The van der Waals surface area contributed by atoms with Crippen molar-refractivity contribution in [2.75, 3.05) is 6.54 Å². The molecule has 0 aliphatic carbocycles. The molecular formula is C31H41N5OSi-. The topological polar surface area (TPSA) is 56.0 Å². The molecule has 0 spiro atoms. The Balaban J connectivity index is 1.75. The molecule has 0 atom stereocenters. The fraction of sp³-hybridized carbons (Fsp3) is 0.452. The van der Waals surface area contributed by atoms with Crippen molar-refractivity contribution < 1.29 is 4.79 Å². The van der Waals surface area contributed by atoms with Gasteiger partial charge in [-0.1, -0.05) is 59.7 Å². The molecule has 0 saturated carbocycles. The van der Waals surface area contributed by atoms with Gasteiger partial charge in [-0.3, -0.25) is 14.5 Å². The summed E-state index contributed by atoms with van der Waals surface area (Å²) in [5.74, 6) is 0.148. The predicted octanol–water partition coefficient (Wildman–Crippen LogP) is 7.03. The van der Waals surface area contributed by atoms with E-state index >= 15 is 0 Å². The third-order valence-corrected chi connectivity index (χ3v) is 15.7. The first-order valence-electron chi connectivity index (χ1n) is 13.9. The van der Waals surface area contributed by atoms with Gasteiger partial charge in [-0.05, 0) is 42.7 Å². The van der Waals surface area contributed by atoms with Gasteiger partial charge in [0.15, 0.2) is 0 Å². The molecule has 0 fully saturated rings. The first-order valence-corrected chi connectivity index (χ1v) is 16.1. The minimum atomic E-state index is -1.97. The minimum Gasteiger partial charge on any atom is -0.502 e. The summed E-state index contributed by atoms with van der Waals surface area (Å²) >= 11 is 0. The third kappa shape index (κ3) is 4.12. The van der Waals surface area contributed by atoms with Crippen molar-refractivity contribution in [3.63, 3.8) is 0 Å². The van der Waals surface area contributed by atoms with Gasteiger partial charge in [0, 0.05) is 62.4 Å². The number of carbonyl (C=O) groups excluding carboxylic acids is 1. The smallest absolute Gasteiger partial charge is 0.219 e. The fourth-order valence-corrected chi connectivity index (χ4v) is 14.1. The number of aromatic nitrogens is 4. The quantitative estimate of drug-likeness (QED) is 0.253. The van der Waals surface area contributed by atoms with Crippen LogP contribution in [0.2, 0.25) is 16.6 Å². The summed E-state index contributed by atoms with van der Waals surface area (Å²) < 4.78 is 4.56. The number of carbonyl (C=O) groups is 1. The molecule has 1 aromatic carbocycles. The molecule has 0 saturated heterocycles. The SMILES string of the molecule is CC(=O)N1CCc2c(c(-c3cccc4cc(-c5cnn(C)c5)ncc34)cn2[Si-](C(C)C)(C(C)C)C(C)C)C1. The van der Waals surface area contributed by atoms with E-state index in [2.05, 4.69) is 81.3 Å². The summed E-state index contributed by atoms with van der Waals surface area (Å²) in [6.07, 6.45) is 9.24. The Morgan fingerprint density at radius 3 is 2.29 bits per heavy atom. The maximum Gasteiger partial charge on any atom is 0.219 e. The van der Waals surface area contributed by atoms with Crippen LogP contribution >= 0.6 is 0 Å². The highest BCUT2D eigenvalue weighted by Gasteiger charge is 2.37. The number of nitrogens with zero attached hydrogens (tertiary/aromatic N) is 5. The Hall–Kier alpha value is -3.19. The maximum atomic E-state index is 12.5. The Kier molecular flexibility index (Phi) is 6.84. The number of amides is 1. The van der Waals surface area contributed by atoms with Gasteiger partial charge in [0.2, 0.25) is 5.91 Å². The Labute approximate surface area is 227 Å². The molecule has 4 heterocycles. The van der Waals surface area contributed by atoms with Crippen molar-refractivity contribution >= 4 is 24.9 Å². The molecule has 1 aliphatic heterocycles. The number of aryl methyl sites for hydroxylation is 1. The molecule has 0 N–H and O–H groups in total. The normalized spacial score (nSPS) is 14.2. The third-order valence-electron chi connectivity index (χ3n) is 8.88. The van der Waals surface area contributed by atoms with Gasteiger partial charge < -0.3 is 9.13 Å². The predicted molar refractivity (Wildman–Crippen MR) is 159 cm³/mol. The van der Waals surface area contributed by atoms with Crippen LogP contribution in [0.5, 0.6) is 0 Å². The first kappa shape index (κ1) is 26.4. The lowest BCUT2D eigenvalue weighted by atomic mass is 9.95. The van der Waals surface area contributed by atoms with Crippen LogP contribution in [0.4, 0.5) is 0 Å². The molecule has 0 radical (unpaired) electrons. The van der Waals surface area contributed by atoms with E-state index in [0.717, 1.165) is 35.0 Å². The van der Waals surface area contributed by atoms with Crippen molar-refractivity contribution in [3.05, 3.63) is 60.3 Å². The average molecular weight is 528 g/mol. The number of hydrogen-bond donors (Lipinski definition) is 0. The zero-order valence-electron chi connectivity index (χ0n) is 24.1. The van der Waals surface area contributed by atoms with Crippen LogP contribution in [0.1, 0.15) is 59.7 Å². The lowest BCUT2D eigenvalue weighted by molar-refractivity contribution is -0.129. The molecular weight excluding hydrogens is 486 g/mol. The van der Waals surface area contributed by atoms with Crippen LogP contribution in [-0.2, 0) is 24.8 Å². The van der Waals surface area contributed by atoms with Crippen LogP contribution in [0.3, 0.4) is 0 Å². The first-order chi connectivity index (χ1) is 18.0. The Bertz CT molecular complexity index is 1470. The Morgan fingerprint density at radius 1 is 0.974 bits per heavy atom. The van der Waals surface area contributed by atoms with E-state index in [1.807, 2.05) is 35.2 Å². The lowest BCUT2D eigenvalue weighted by Crippen LogP contribution is -2.53. The molecule has 3 aromatic heterocycles. The van der Waals surface area contributed by atoms with Crippen molar-refractivity contribution in [2.45, 2.75) is 78.1 Å². The second kappa shape index (κ2) is 9.84. The molecule has 1 aliphatic rings. The fourth-order valence-electron chi connectivity index (χ4n) is 7.34. The summed E-state index contributed by atoms with van der Waals surface area (Å²) in [5, 5.41) is 6.63. The van der Waals surface area contributed by atoms with Crippen LogP contribution in [-0.4, -0.2) is 44.6 Å². The summed E-state index contributed by atoms with van der Waals surface area (Å²) in [6.45, 7) is 17.7. The molecule has 201 valence electrons. The lowest BCUT2D eigenvalue weighted by Gasteiger charge is -2.57. The molecule has 0 bridgehead atoms. The van der Waals surface area contributed by atoms with Gasteiger partial charge in [0.1, 0.15) is 0 Å². The Morgan fingerprint density at radius 2 is 1.68 bits per heavy atom. The van der Waals surface area contributed by atoms with Crippen LogP contribution in [0.25, 0.3) is 33.2 Å². The monoisotopic (exact) mass is 527 g/mol. The number of benzene rings is 1. The van der Waals surface area contributed by atoms with Gasteiger partial charge in [-0.25, -0.2) is 0 Å². The highest BCUT2D eigenvalue weighted by Crippen LogP contribution is 2.47. The van der Waals surface area contributed by atoms with E-state index in [1.54, 1.807) is 6.92 Å². The summed E-state index contributed by atoms with van der Waals surface area (Å²) in [4.78, 5) is 19.3. The van der Waals surface area contributed by atoms with Crippen LogP contribution in [0, 0.1) is 0 Å². The average Bonchev–Trinajstić information content (AvgIpc) is 3.47. The van der Waals surface area contributed by atoms with Crippen LogP contribution < -0.4 is 0 Å². The van der Waals surface area contributed by atoms with Crippen molar-refractivity contribution in [2.24, 2.45) is 7.05 Å². The maximum absolute atomic E-state index is 12.5.